The highest BCUT2D eigenvalue weighted by molar-refractivity contribution is 6.17. The van der Waals surface area contributed by atoms with Gasteiger partial charge in [0.15, 0.2) is 0 Å². The highest BCUT2D eigenvalue weighted by Gasteiger charge is 2.12. The van der Waals surface area contributed by atoms with Gasteiger partial charge in [0.05, 0.1) is 11.7 Å². The van der Waals surface area contributed by atoms with Crippen molar-refractivity contribution in [2.45, 2.75) is 39.2 Å². The molecule has 0 aliphatic carbocycles. The molecule has 0 spiro atoms. The van der Waals surface area contributed by atoms with Crippen LogP contribution in [0.4, 0.5) is 0 Å². The molecule has 0 aliphatic heterocycles. The van der Waals surface area contributed by atoms with Crippen LogP contribution in [0.1, 0.15) is 38.6 Å². The van der Waals surface area contributed by atoms with Crippen LogP contribution < -0.4 is 0 Å². The highest BCUT2D eigenvalue weighted by atomic mass is 35.5. The van der Waals surface area contributed by atoms with Gasteiger partial charge in [0, 0.05) is 24.5 Å². The van der Waals surface area contributed by atoms with Crippen molar-refractivity contribution in [3.8, 4) is 0 Å². The summed E-state index contributed by atoms with van der Waals surface area (Å²) in [6.07, 6.45) is 6.78. The number of rotatable bonds is 5. The van der Waals surface area contributed by atoms with Gasteiger partial charge in [-0.1, -0.05) is 0 Å². The summed E-state index contributed by atoms with van der Waals surface area (Å²) in [5.41, 5.74) is 2.16. The number of alkyl halides is 1. The molecule has 0 bridgehead atoms. The van der Waals surface area contributed by atoms with Crippen molar-refractivity contribution in [3.63, 3.8) is 0 Å². The van der Waals surface area contributed by atoms with Crippen LogP contribution in [0, 0.1) is 0 Å². The quantitative estimate of drug-likeness (QED) is 0.601. The van der Waals surface area contributed by atoms with E-state index < -0.39 is 0 Å². The van der Waals surface area contributed by atoms with Crippen LogP contribution >= 0.6 is 11.6 Å². The lowest BCUT2D eigenvalue weighted by Gasteiger charge is -2.12. The third-order valence-corrected chi connectivity index (χ3v) is 3.13. The van der Waals surface area contributed by atoms with Gasteiger partial charge in [0.1, 0.15) is 11.3 Å². The smallest absolute Gasteiger partial charge is 0.110 e. The Kier molecular flexibility index (Phi) is 4.00. The van der Waals surface area contributed by atoms with Crippen molar-refractivity contribution in [1.82, 2.24) is 14.5 Å². The van der Waals surface area contributed by atoms with Gasteiger partial charge in [0.2, 0.25) is 0 Å². The van der Waals surface area contributed by atoms with E-state index >= 15 is 0 Å². The molecule has 4 heteroatoms. The molecule has 0 amide bonds. The topological polar surface area (TPSA) is 30.7 Å². The fraction of sp³-hybridized carbons (Fsp3) is 0.538. The molecule has 0 fully saturated rings. The number of pyridine rings is 1. The molecule has 2 heterocycles. The number of unbranched alkanes of at least 4 members (excludes halogenated alkanes) is 1. The fourth-order valence-corrected chi connectivity index (χ4v) is 2.32. The number of halogens is 1. The Morgan fingerprint density at radius 3 is 2.88 bits per heavy atom. The van der Waals surface area contributed by atoms with Crippen molar-refractivity contribution in [2.24, 2.45) is 0 Å². The third-order valence-electron chi connectivity index (χ3n) is 2.87. The summed E-state index contributed by atoms with van der Waals surface area (Å²) in [5.74, 6) is 1.87. The Bertz CT molecular complexity index is 490. The number of aromatic nitrogens is 3. The van der Waals surface area contributed by atoms with Gasteiger partial charge in [-0.25, -0.2) is 4.98 Å². The molecule has 0 N–H and O–H groups in total. The van der Waals surface area contributed by atoms with Gasteiger partial charge in [-0.3, -0.25) is 4.98 Å². The second-order valence-corrected chi connectivity index (χ2v) is 4.88. The first-order chi connectivity index (χ1) is 8.24. The van der Waals surface area contributed by atoms with Gasteiger partial charge in [-0.05, 0) is 32.8 Å². The summed E-state index contributed by atoms with van der Waals surface area (Å²) in [6, 6.07) is 2.46. The van der Waals surface area contributed by atoms with Gasteiger partial charge in [0.25, 0.3) is 0 Å². The normalized spacial score (nSPS) is 11.5. The Morgan fingerprint density at radius 1 is 1.35 bits per heavy atom. The van der Waals surface area contributed by atoms with Gasteiger partial charge in [-0.15, -0.1) is 11.6 Å². The van der Waals surface area contributed by atoms with Crippen molar-refractivity contribution in [2.75, 3.05) is 5.88 Å². The van der Waals surface area contributed by atoms with E-state index in [0.717, 1.165) is 36.5 Å². The summed E-state index contributed by atoms with van der Waals surface area (Å²) < 4.78 is 2.30. The first kappa shape index (κ1) is 12.4. The highest BCUT2D eigenvalue weighted by Crippen LogP contribution is 2.21. The van der Waals surface area contributed by atoms with Crippen LogP contribution in [0.15, 0.2) is 18.5 Å². The Labute approximate surface area is 107 Å². The minimum Gasteiger partial charge on any atom is -0.325 e. The molecular weight excluding hydrogens is 234 g/mol. The van der Waals surface area contributed by atoms with E-state index in [9.17, 15) is 0 Å². The standard InChI is InChI=1S/C13H18ClN3/c1-10(2)17-12-6-8-15-9-11(12)16-13(17)5-3-4-7-14/h6,8-10H,3-5,7H2,1-2H3. The van der Waals surface area contributed by atoms with E-state index in [0.29, 0.717) is 6.04 Å². The van der Waals surface area contributed by atoms with E-state index in [1.165, 1.54) is 5.52 Å². The van der Waals surface area contributed by atoms with Crippen molar-refractivity contribution in [3.05, 3.63) is 24.3 Å². The molecule has 2 aromatic heterocycles. The number of aryl methyl sites for hydroxylation is 1. The first-order valence-corrected chi connectivity index (χ1v) is 6.64. The lowest BCUT2D eigenvalue weighted by Crippen LogP contribution is -2.06. The molecule has 2 rings (SSSR count). The fourth-order valence-electron chi connectivity index (χ4n) is 2.13. The molecule has 3 nitrogen and oxygen atoms in total. The largest absolute Gasteiger partial charge is 0.325 e. The Morgan fingerprint density at radius 2 is 2.18 bits per heavy atom. The zero-order chi connectivity index (χ0) is 12.3. The molecule has 0 unspecified atom stereocenters. The van der Waals surface area contributed by atoms with Crippen LogP contribution in [0.3, 0.4) is 0 Å². The lowest BCUT2D eigenvalue weighted by atomic mass is 10.2. The van der Waals surface area contributed by atoms with Crippen LogP contribution in [-0.2, 0) is 6.42 Å². The van der Waals surface area contributed by atoms with Crippen LogP contribution in [-0.4, -0.2) is 20.4 Å². The van der Waals surface area contributed by atoms with Crippen molar-refractivity contribution < 1.29 is 0 Å². The monoisotopic (exact) mass is 251 g/mol. The van der Waals surface area contributed by atoms with Gasteiger partial charge >= 0.3 is 0 Å². The number of hydrogen-bond donors (Lipinski definition) is 0. The number of nitrogens with zero attached hydrogens (tertiary/aromatic N) is 3. The molecule has 0 saturated carbocycles. The predicted octanol–water partition coefficient (Wildman–Crippen LogP) is 3.57. The molecule has 17 heavy (non-hydrogen) atoms. The summed E-state index contributed by atoms with van der Waals surface area (Å²) in [5, 5.41) is 0. The lowest BCUT2D eigenvalue weighted by molar-refractivity contribution is 0.574. The van der Waals surface area contributed by atoms with E-state index in [2.05, 4.69) is 28.4 Å². The van der Waals surface area contributed by atoms with Crippen LogP contribution in [0.2, 0.25) is 0 Å². The maximum atomic E-state index is 5.71. The van der Waals surface area contributed by atoms with Gasteiger partial charge < -0.3 is 4.57 Å². The second-order valence-electron chi connectivity index (χ2n) is 4.50. The number of imidazole rings is 1. The molecule has 92 valence electrons. The second kappa shape index (κ2) is 5.50. The molecule has 0 atom stereocenters. The summed E-state index contributed by atoms with van der Waals surface area (Å²) in [4.78, 5) is 8.79. The number of fused-ring (bicyclic) bond motifs is 1. The predicted molar refractivity (Wildman–Crippen MR) is 71.6 cm³/mol. The molecular formula is C13H18ClN3. The maximum absolute atomic E-state index is 5.71. The molecule has 0 saturated heterocycles. The van der Waals surface area contributed by atoms with Crippen molar-refractivity contribution in [1.29, 1.82) is 0 Å². The average Bonchev–Trinajstić information content (AvgIpc) is 2.67. The molecule has 0 radical (unpaired) electrons. The molecule has 2 aromatic rings. The maximum Gasteiger partial charge on any atom is 0.110 e. The van der Waals surface area contributed by atoms with Crippen molar-refractivity contribution >= 4 is 22.6 Å². The SMILES string of the molecule is CC(C)n1c(CCCCCl)nc2cnccc21. The third kappa shape index (κ3) is 2.60. The van der Waals surface area contributed by atoms with E-state index in [1.807, 2.05) is 18.5 Å². The summed E-state index contributed by atoms with van der Waals surface area (Å²) >= 11 is 5.71. The summed E-state index contributed by atoms with van der Waals surface area (Å²) in [7, 11) is 0. The Hall–Kier alpha value is -1.09. The van der Waals surface area contributed by atoms with Crippen LogP contribution in [0.25, 0.3) is 11.0 Å². The zero-order valence-electron chi connectivity index (χ0n) is 10.4. The minimum atomic E-state index is 0.424. The first-order valence-electron chi connectivity index (χ1n) is 6.11. The van der Waals surface area contributed by atoms with E-state index in [1.54, 1.807) is 0 Å². The van der Waals surface area contributed by atoms with Crippen LogP contribution in [0.5, 0.6) is 0 Å². The Balaban J connectivity index is 2.36. The molecule has 0 aliphatic rings. The molecule has 0 aromatic carbocycles. The summed E-state index contributed by atoms with van der Waals surface area (Å²) in [6.45, 7) is 4.37. The minimum absolute atomic E-state index is 0.424. The van der Waals surface area contributed by atoms with E-state index in [4.69, 9.17) is 11.6 Å². The number of hydrogen-bond acceptors (Lipinski definition) is 2. The zero-order valence-corrected chi connectivity index (χ0v) is 11.1. The average molecular weight is 252 g/mol. The van der Waals surface area contributed by atoms with Gasteiger partial charge in [-0.2, -0.15) is 0 Å². The van der Waals surface area contributed by atoms with E-state index in [-0.39, 0.29) is 0 Å².